The molecule has 0 spiro atoms. The number of hydrogen-bond acceptors (Lipinski definition) is 4. The van der Waals surface area contributed by atoms with Gasteiger partial charge in [-0.25, -0.2) is 9.78 Å². The van der Waals surface area contributed by atoms with Crippen LogP contribution in [0.5, 0.6) is 0 Å². The minimum atomic E-state index is -1.26. The van der Waals surface area contributed by atoms with Crippen molar-refractivity contribution in [2.75, 3.05) is 25.5 Å². The highest BCUT2D eigenvalue weighted by Crippen LogP contribution is 2.15. The average Bonchev–Trinajstić information content (AvgIpc) is 2.38. The molecule has 7 heteroatoms. The first-order chi connectivity index (χ1) is 9.16. The molecular formula is C13H18ClN3O3. The first-order valence-corrected chi connectivity index (χ1v) is 6.36. The van der Waals surface area contributed by atoms with Crippen molar-refractivity contribution in [1.82, 2.24) is 9.88 Å². The fourth-order valence-electron chi connectivity index (χ4n) is 1.44. The van der Waals surface area contributed by atoms with Crippen molar-refractivity contribution in [3.8, 4) is 0 Å². The molecule has 1 heterocycles. The van der Waals surface area contributed by atoms with Crippen LogP contribution in [0.1, 0.15) is 13.8 Å². The molecule has 0 atom stereocenters. The Balaban J connectivity index is 2.75. The molecule has 110 valence electrons. The number of carbonyl (C=O) groups excluding carboxylic acids is 1. The lowest BCUT2D eigenvalue weighted by Gasteiger charge is -2.33. The molecule has 1 aromatic heterocycles. The summed E-state index contributed by atoms with van der Waals surface area (Å²) in [5, 5.41) is 9.62. The maximum Gasteiger partial charge on any atom is 0.329 e. The predicted octanol–water partition coefficient (Wildman–Crippen LogP) is 1.49. The number of carboxylic acid groups (broad SMARTS) is 1. The maximum atomic E-state index is 12.1. The zero-order valence-corrected chi connectivity index (χ0v) is 12.7. The number of carboxylic acids is 1. The number of pyridine rings is 1. The topological polar surface area (TPSA) is 73.7 Å². The Bertz CT molecular complexity index is 502. The Labute approximate surface area is 123 Å². The van der Waals surface area contributed by atoms with Crippen molar-refractivity contribution < 1.29 is 14.7 Å². The standard InChI is InChI=1S/C13H18ClN3O3/c1-13(2,12(19)20)17(4)11(18)8-16(3)10-6-5-9(14)7-15-10/h5-7H,8H2,1-4H3,(H,19,20). The maximum absolute atomic E-state index is 12.1. The van der Waals surface area contributed by atoms with E-state index >= 15 is 0 Å². The second-order valence-electron chi connectivity index (χ2n) is 5.01. The molecule has 0 aliphatic heterocycles. The van der Waals surface area contributed by atoms with Crippen LogP contribution in [-0.2, 0) is 9.59 Å². The van der Waals surface area contributed by atoms with E-state index in [1.54, 1.807) is 24.1 Å². The van der Waals surface area contributed by atoms with Gasteiger partial charge in [-0.3, -0.25) is 4.79 Å². The van der Waals surface area contributed by atoms with Crippen LogP contribution in [0.3, 0.4) is 0 Å². The predicted molar refractivity (Wildman–Crippen MR) is 77.0 cm³/mol. The van der Waals surface area contributed by atoms with Gasteiger partial charge in [0.2, 0.25) is 5.91 Å². The molecule has 1 amide bonds. The molecule has 6 nitrogen and oxygen atoms in total. The molecule has 0 saturated heterocycles. The third-order valence-corrected chi connectivity index (χ3v) is 3.43. The first-order valence-electron chi connectivity index (χ1n) is 5.99. The second kappa shape index (κ2) is 6.09. The van der Waals surface area contributed by atoms with Crippen LogP contribution < -0.4 is 4.90 Å². The monoisotopic (exact) mass is 299 g/mol. The molecule has 0 saturated carbocycles. The fourth-order valence-corrected chi connectivity index (χ4v) is 1.55. The van der Waals surface area contributed by atoms with E-state index in [-0.39, 0.29) is 12.5 Å². The fraction of sp³-hybridized carbons (Fsp3) is 0.462. The molecule has 1 rings (SSSR count). The normalized spacial score (nSPS) is 11.1. The van der Waals surface area contributed by atoms with Crippen molar-refractivity contribution in [1.29, 1.82) is 0 Å². The van der Waals surface area contributed by atoms with E-state index in [2.05, 4.69) is 4.98 Å². The highest BCUT2D eigenvalue weighted by Gasteiger charge is 2.35. The van der Waals surface area contributed by atoms with Gasteiger partial charge in [0, 0.05) is 20.3 Å². The van der Waals surface area contributed by atoms with Gasteiger partial charge in [0.15, 0.2) is 0 Å². The minimum Gasteiger partial charge on any atom is -0.480 e. The Morgan fingerprint density at radius 3 is 2.40 bits per heavy atom. The number of halogens is 1. The number of aliphatic carboxylic acids is 1. The number of amides is 1. The molecule has 0 bridgehead atoms. The van der Waals surface area contributed by atoms with Crippen LogP contribution in [-0.4, -0.2) is 53.0 Å². The molecule has 0 unspecified atom stereocenters. The SMILES string of the molecule is CN(CC(=O)N(C)C(C)(C)C(=O)O)c1ccc(Cl)cn1. The van der Waals surface area contributed by atoms with Gasteiger partial charge in [-0.15, -0.1) is 0 Å². The average molecular weight is 300 g/mol. The van der Waals surface area contributed by atoms with Crippen LogP contribution in [0, 0.1) is 0 Å². The Hall–Kier alpha value is -1.82. The van der Waals surface area contributed by atoms with Gasteiger partial charge >= 0.3 is 5.97 Å². The molecule has 20 heavy (non-hydrogen) atoms. The number of nitrogens with zero attached hydrogens (tertiary/aromatic N) is 3. The zero-order chi connectivity index (χ0) is 15.5. The van der Waals surface area contributed by atoms with Crippen LogP contribution >= 0.6 is 11.6 Å². The van der Waals surface area contributed by atoms with Gasteiger partial charge in [0.1, 0.15) is 11.4 Å². The van der Waals surface area contributed by atoms with E-state index in [0.29, 0.717) is 10.8 Å². The molecule has 0 aliphatic carbocycles. The number of hydrogen-bond donors (Lipinski definition) is 1. The van der Waals surface area contributed by atoms with E-state index in [4.69, 9.17) is 16.7 Å². The summed E-state index contributed by atoms with van der Waals surface area (Å²) in [6.07, 6.45) is 1.49. The summed E-state index contributed by atoms with van der Waals surface area (Å²) in [6.45, 7) is 2.99. The highest BCUT2D eigenvalue weighted by molar-refractivity contribution is 6.30. The van der Waals surface area contributed by atoms with E-state index < -0.39 is 11.5 Å². The van der Waals surface area contributed by atoms with Gasteiger partial charge in [0.05, 0.1) is 11.6 Å². The number of anilines is 1. The largest absolute Gasteiger partial charge is 0.480 e. The summed E-state index contributed by atoms with van der Waals surface area (Å²) in [6, 6.07) is 3.37. The molecule has 0 radical (unpaired) electrons. The smallest absolute Gasteiger partial charge is 0.329 e. The summed E-state index contributed by atoms with van der Waals surface area (Å²) in [5.41, 5.74) is -1.26. The van der Waals surface area contributed by atoms with Crippen LogP contribution in [0.15, 0.2) is 18.3 Å². The van der Waals surface area contributed by atoms with E-state index in [0.717, 1.165) is 0 Å². The number of likely N-dealkylation sites (N-methyl/N-ethyl adjacent to an activating group) is 2. The summed E-state index contributed by atoms with van der Waals surface area (Å²) < 4.78 is 0. The van der Waals surface area contributed by atoms with Crippen LogP contribution in [0.25, 0.3) is 0 Å². The lowest BCUT2D eigenvalue weighted by atomic mass is 10.0. The molecule has 1 aromatic rings. The lowest BCUT2D eigenvalue weighted by Crippen LogP contribution is -2.53. The quantitative estimate of drug-likeness (QED) is 0.892. The lowest BCUT2D eigenvalue weighted by molar-refractivity contribution is -0.154. The van der Waals surface area contributed by atoms with Gasteiger partial charge in [-0.2, -0.15) is 0 Å². The van der Waals surface area contributed by atoms with E-state index in [1.807, 2.05) is 0 Å². The summed E-state index contributed by atoms with van der Waals surface area (Å²) >= 11 is 5.75. The summed E-state index contributed by atoms with van der Waals surface area (Å²) in [4.78, 5) is 30.2. The zero-order valence-electron chi connectivity index (χ0n) is 11.9. The Morgan fingerprint density at radius 1 is 1.35 bits per heavy atom. The molecule has 0 aromatic carbocycles. The van der Waals surface area contributed by atoms with Crippen molar-refractivity contribution >= 4 is 29.3 Å². The number of carbonyl (C=O) groups is 2. The third-order valence-electron chi connectivity index (χ3n) is 3.21. The van der Waals surface area contributed by atoms with E-state index in [1.165, 1.54) is 32.0 Å². The number of rotatable bonds is 5. The van der Waals surface area contributed by atoms with Gasteiger partial charge < -0.3 is 14.9 Å². The molecule has 1 N–H and O–H groups in total. The first kappa shape index (κ1) is 16.2. The van der Waals surface area contributed by atoms with E-state index in [9.17, 15) is 9.59 Å². The van der Waals surface area contributed by atoms with Gasteiger partial charge in [-0.1, -0.05) is 11.6 Å². The van der Waals surface area contributed by atoms with Crippen molar-refractivity contribution in [3.05, 3.63) is 23.4 Å². The van der Waals surface area contributed by atoms with Crippen molar-refractivity contribution in [2.24, 2.45) is 0 Å². The Kier molecular flexibility index (Phi) is 4.94. The Morgan fingerprint density at radius 2 is 1.95 bits per heavy atom. The number of aromatic nitrogens is 1. The second-order valence-corrected chi connectivity index (χ2v) is 5.44. The summed E-state index contributed by atoms with van der Waals surface area (Å²) in [7, 11) is 3.18. The van der Waals surface area contributed by atoms with Gasteiger partial charge in [-0.05, 0) is 26.0 Å². The van der Waals surface area contributed by atoms with Crippen LogP contribution in [0.4, 0.5) is 5.82 Å². The molecule has 0 fully saturated rings. The summed E-state index contributed by atoms with van der Waals surface area (Å²) in [5.74, 6) is -0.776. The van der Waals surface area contributed by atoms with Crippen LogP contribution in [0.2, 0.25) is 5.02 Å². The van der Waals surface area contributed by atoms with Crippen molar-refractivity contribution in [3.63, 3.8) is 0 Å². The van der Waals surface area contributed by atoms with Gasteiger partial charge in [0.25, 0.3) is 0 Å². The third kappa shape index (κ3) is 3.60. The minimum absolute atomic E-state index is 0.0296. The molecular weight excluding hydrogens is 282 g/mol. The van der Waals surface area contributed by atoms with Crippen molar-refractivity contribution in [2.45, 2.75) is 19.4 Å². The molecule has 0 aliphatic rings. The highest BCUT2D eigenvalue weighted by atomic mass is 35.5.